The van der Waals surface area contributed by atoms with Crippen molar-refractivity contribution in [2.24, 2.45) is 0 Å². The number of benzene rings is 1. The van der Waals surface area contributed by atoms with Gasteiger partial charge in [0.15, 0.2) is 5.75 Å². The van der Waals surface area contributed by atoms with Crippen LogP contribution in [-0.4, -0.2) is 26.0 Å². The monoisotopic (exact) mass is 284 g/mol. The van der Waals surface area contributed by atoms with E-state index >= 15 is 0 Å². The Morgan fingerprint density at radius 2 is 2.05 bits per heavy atom. The number of aromatic nitrogens is 2. The number of aromatic hydroxyl groups is 1. The second-order valence-corrected chi connectivity index (χ2v) is 3.94. The summed E-state index contributed by atoms with van der Waals surface area (Å²) in [5, 5.41) is 21.3. The minimum atomic E-state index is -1.50. The maximum atomic E-state index is 13.0. The van der Waals surface area contributed by atoms with Gasteiger partial charge >= 0.3 is 5.97 Å². The van der Waals surface area contributed by atoms with E-state index in [2.05, 4.69) is 5.10 Å². The van der Waals surface area contributed by atoms with Crippen LogP contribution in [0.5, 0.6) is 5.75 Å². The molecule has 0 bridgehead atoms. The van der Waals surface area contributed by atoms with Crippen LogP contribution in [0.4, 0.5) is 4.39 Å². The number of aromatic carboxylic acids is 1. The Kier molecular flexibility index (Phi) is 3.22. The molecule has 2 N–H and O–H groups in total. The highest BCUT2D eigenvalue weighted by molar-refractivity contribution is 6.30. The third-order valence-corrected chi connectivity index (χ3v) is 2.55. The van der Waals surface area contributed by atoms with Crippen LogP contribution in [0.1, 0.15) is 10.5 Å². The van der Waals surface area contributed by atoms with Gasteiger partial charge in [0.05, 0.1) is 10.7 Å². The number of halogens is 2. The first-order valence-electron chi connectivity index (χ1n) is 4.92. The Hall–Kier alpha value is -2.41. The molecule has 0 saturated heterocycles. The summed E-state index contributed by atoms with van der Waals surface area (Å²) in [6.07, 6.45) is 0. The lowest BCUT2D eigenvalue weighted by molar-refractivity contribution is 0.0684. The molecule has 1 aromatic heterocycles. The molecular formula is C11H6ClFN2O4. The standard InChI is InChI=1S/C11H6ClFN2O4/c12-6-3-5(1-2-7(6)13)15-9(17)4-8(16)10(14-15)11(18)19/h1-4,16H,(H,18,19). The number of hydrogen-bond acceptors (Lipinski definition) is 4. The first kappa shape index (κ1) is 13.0. The fraction of sp³-hybridized carbons (Fsp3) is 0. The van der Waals surface area contributed by atoms with E-state index in [0.29, 0.717) is 10.7 Å². The summed E-state index contributed by atoms with van der Waals surface area (Å²) < 4.78 is 13.7. The fourth-order valence-corrected chi connectivity index (χ4v) is 1.58. The van der Waals surface area contributed by atoms with E-state index in [4.69, 9.17) is 16.7 Å². The molecule has 2 aromatic rings. The maximum absolute atomic E-state index is 13.0. The molecule has 98 valence electrons. The van der Waals surface area contributed by atoms with Crippen LogP contribution in [0, 0.1) is 5.82 Å². The molecule has 0 radical (unpaired) electrons. The Morgan fingerprint density at radius 1 is 1.37 bits per heavy atom. The van der Waals surface area contributed by atoms with E-state index in [1.54, 1.807) is 0 Å². The molecule has 0 amide bonds. The molecule has 0 atom stereocenters. The van der Waals surface area contributed by atoms with Crippen LogP contribution in [0.2, 0.25) is 5.02 Å². The van der Waals surface area contributed by atoms with Crippen LogP contribution in [-0.2, 0) is 0 Å². The molecule has 0 aliphatic rings. The molecule has 0 saturated carbocycles. The van der Waals surface area contributed by atoms with Crippen molar-refractivity contribution in [3.05, 3.63) is 51.2 Å². The van der Waals surface area contributed by atoms with Gasteiger partial charge in [0.2, 0.25) is 5.69 Å². The summed E-state index contributed by atoms with van der Waals surface area (Å²) in [4.78, 5) is 22.4. The lowest BCUT2D eigenvalue weighted by atomic mass is 10.3. The third-order valence-electron chi connectivity index (χ3n) is 2.26. The van der Waals surface area contributed by atoms with Crippen molar-refractivity contribution in [3.8, 4) is 11.4 Å². The van der Waals surface area contributed by atoms with Crippen LogP contribution in [0.15, 0.2) is 29.1 Å². The average molecular weight is 285 g/mol. The van der Waals surface area contributed by atoms with Crippen LogP contribution in [0.3, 0.4) is 0 Å². The summed E-state index contributed by atoms with van der Waals surface area (Å²) in [7, 11) is 0. The van der Waals surface area contributed by atoms with E-state index < -0.39 is 28.8 Å². The van der Waals surface area contributed by atoms with Crippen molar-refractivity contribution in [1.29, 1.82) is 0 Å². The second kappa shape index (κ2) is 4.69. The Labute approximate surface area is 110 Å². The van der Waals surface area contributed by atoms with Gasteiger partial charge in [-0.2, -0.15) is 9.78 Å². The lowest BCUT2D eigenvalue weighted by Gasteiger charge is -2.07. The van der Waals surface area contributed by atoms with E-state index in [-0.39, 0.29) is 10.7 Å². The zero-order valence-electron chi connectivity index (χ0n) is 9.17. The predicted molar refractivity (Wildman–Crippen MR) is 63.4 cm³/mol. The van der Waals surface area contributed by atoms with Gasteiger partial charge in [-0.25, -0.2) is 9.18 Å². The van der Waals surface area contributed by atoms with Crippen molar-refractivity contribution in [2.45, 2.75) is 0 Å². The van der Waals surface area contributed by atoms with Crippen LogP contribution in [0.25, 0.3) is 5.69 Å². The van der Waals surface area contributed by atoms with Crippen molar-refractivity contribution in [2.75, 3.05) is 0 Å². The van der Waals surface area contributed by atoms with E-state index in [9.17, 15) is 19.1 Å². The van der Waals surface area contributed by atoms with Gasteiger partial charge in [0, 0.05) is 6.07 Å². The van der Waals surface area contributed by atoms with E-state index in [0.717, 1.165) is 12.1 Å². The van der Waals surface area contributed by atoms with Crippen molar-refractivity contribution >= 4 is 17.6 Å². The molecule has 6 nitrogen and oxygen atoms in total. The molecule has 8 heteroatoms. The SMILES string of the molecule is O=C(O)c1nn(-c2ccc(F)c(Cl)c2)c(=O)cc1O. The van der Waals surface area contributed by atoms with Crippen molar-refractivity contribution < 1.29 is 19.4 Å². The minimum absolute atomic E-state index is 0.0823. The molecule has 0 spiro atoms. The van der Waals surface area contributed by atoms with Gasteiger partial charge in [-0.1, -0.05) is 11.6 Å². The number of carbonyl (C=O) groups is 1. The quantitative estimate of drug-likeness (QED) is 0.870. The summed E-state index contributed by atoms with van der Waals surface area (Å²) >= 11 is 5.57. The van der Waals surface area contributed by atoms with Gasteiger partial charge in [-0.15, -0.1) is 0 Å². The predicted octanol–water partition coefficient (Wildman–Crippen LogP) is 1.43. The molecule has 0 aliphatic heterocycles. The third kappa shape index (κ3) is 2.41. The Balaban J connectivity index is 2.68. The topological polar surface area (TPSA) is 92.4 Å². The fourth-order valence-electron chi connectivity index (χ4n) is 1.40. The summed E-state index contributed by atoms with van der Waals surface area (Å²) in [6, 6.07) is 4.04. The molecule has 1 heterocycles. The highest BCUT2D eigenvalue weighted by atomic mass is 35.5. The van der Waals surface area contributed by atoms with Gasteiger partial charge < -0.3 is 10.2 Å². The molecule has 1 aromatic carbocycles. The molecule has 19 heavy (non-hydrogen) atoms. The van der Waals surface area contributed by atoms with Crippen LogP contribution >= 0.6 is 11.6 Å². The minimum Gasteiger partial charge on any atom is -0.505 e. The van der Waals surface area contributed by atoms with Gasteiger partial charge in [0.25, 0.3) is 5.56 Å². The highest BCUT2D eigenvalue weighted by Crippen LogP contribution is 2.18. The molecular weight excluding hydrogens is 279 g/mol. The Bertz CT molecular complexity index is 729. The number of hydrogen-bond donors (Lipinski definition) is 2. The summed E-state index contributed by atoms with van der Waals surface area (Å²) in [5.41, 5.74) is -1.39. The van der Waals surface area contributed by atoms with Gasteiger partial charge in [0.1, 0.15) is 5.82 Å². The lowest BCUT2D eigenvalue weighted by Crippen LogP contribution is -2.23. The first-order valence-corrected chi connectivity index (χ1v) is 5.30. The highest BCUT2D eigenvalue weighted by Gasteiger charge is 2.16. The summed E-state index contributed by atoms with van der Waals surface area (Å²) in [5.74, 6) is -2.93. The van der Waals surface area contributed by atoms with Crippen molar-refractivity contribution in [3.63, 3.8) is 0 Å². The maximum Gasteiger partial charge on any atom is 0.360 e. The largest absolute Gasteiger partial charge is 0.505 e. The molecule has 0 aliphatic carbocycles. The number of rotatable bonds is 2. The zero-order chi connectivity index (χ0) is 14.2. The van der Waals surface area contributed by atoms with Gasteiger partial charge in [-0.05, 0) is 18.2 Å². The normalized spacial score (nSPS) is 10.4. The van der Waals surface area contributed by atoms with Gasteiger partial charge in [-0.3, -0.25) is 4.79 Å². The average Bonchev–Trinajstić information content (AvgIpc) is 2.32. The van der Waals surface area contributed by atoms with Crippen molar-refractivity contribution in [1.82, 2.24) is 9.78 Å². The van der Waals surface area contributed by atoms with Crippen LogP contribution < -0.4 is 5.56 Å². The second-order valence-electron chi connectivity index (χ2n) is 3.53. The number of carboxylic acids is 1. The van der Waals surface area contributed by atoms with E-state index in [1.807, 2.05) is 0 Å². The molecule has 0 fully saturated rings. The Morgan fingerprint density at radius 3 is 2.63 bits per heavy atom. The smallest absolute Gasteiger partial charge is 0.360 e. The number of nitrogens with zero attached hydrogens (tertiary/aromatic N) is 2. The first-order chi connectivity index (χ1) is 8.90. The van der Waals surface area contributed by atoms with E-state index in [1.165, 1.54) is 6.07 Å². The summed E-state index contributed by atoms with van der Waals surface area (Å²) in [6.45, 7) is 0. The zero-order valence-corrected chi connectivity index (χ0v) is 9.93. The number of carboxylic acid groups (broad SMARTS) is 1. The molecule has 2 rings (SSSR count). The molecule has 0 unspecified atom stereocenters.